The summed E-state index contributed by atoms with van der Waals surface area (Å²) in [4.78, 5) is 36.5. The molecule has 1 unspecified atom stereocenters. The number of halogens is 5. The summed E-state index contributed by atoms with van der Waals surface area (Å²) in [6.45, 7) is 0.378. The number of nitrogens with zero attached hydrogens (tertiary/aromatic N) is 1. The van der Waals surface area contributed by atoms with E-state index in [1.54, 1.807) is 5.43 Å². The van der Waals surface area contributed by atoms with Gasteiger partial charge in [0.1, 0.15) is 17.5 Å². The lowest BCUT2D eigenvalue weighted by molar-refractivity contribution is -0.132. The van der Waals surface area contributed by atoms with Gasteiger partial charge in [-0.25, -0.2) is 18.0 Å². The summed E-state index contributed by atoms with van der Waals surface area (Å²) < 4.78 is 71.2. The molecule has 0 spiro atoms. The largest absolute Gasteiger partial charge is 0.374 e. The molecular weight excluding hydrogens is 467 g/mol. The topological polar surface area (TPSA) is 99.8 Å². The van der Waals surface area contributed by atoms with Crippen molar-refractivity contribution in [3.63, 3.8) is 0 Å². The Kier molecular flexibility index (Phi) is 7.99. The number of hydrazine groups is 1. The first kappa shape index (κ1) is 24.9. The predicted octanol–water partition coefficient (Wildman–Crippen LogP) is 2.61. The number of alkyl halides is 2. The van der Waals surface area contributed by atoms with Crippen LogP contribution in [0.5, 0.6) is 0 Å². The van der Waals surface area contributed by atoms with Crippen molar-refractivity contribution in [2.24, 2.45) is 0 Å². The highest BCUT2D eigenvalue weighted by molar-refractivity contribution is 5.95. The molecule has 0 radical (unpaired) electrons. The number of anilines is 1. The number of urea groups is 1. The maximum atomic E-state index is 14.5. The Bertz CT molecular complexity index is 1090. The van der Waals surface area contributed by atoms with E-state index < -0.39 is 47.8 Å². The minimum Gasteiger partial charge on any atom is -0.374 e. The van der Waals surface area contributed by atoms with E-state index in [1.165, 1.54) is 22.5 Å². The number of amides is 4. The van der Waals surface area contributed by atoms with Gasteiger partial charge in [-0.1, -0.05) is 6.07 Å². The standard InChI is InChI=1S/C21H19F5N4O4/c22-13-3-4-17(16(24)9-13)27-21(33)30-5-6-34-14(10-30)7-11-1-2-12(8-15(11)23)19(31)28-29-20(32)18(25)26/h1-4,8-9,14,18H,5-7,10H2,(H,27,33)(H,28,31)(H,29,32). The van der Waals surface area contributed by atoms with Crippen LogP contribution in [0, 0.1) is 17.5 Å². The molecule has 0 bridgehead atoms. The van der Waals surface area contributed by atoms with Crippen LogP contribution < -0.4 is 16.2 Å². The first-order valence-electron chi connectivity index (χ1n) is 9.93. The van der Waals surface area contributed by atoms with Crippen molar-refractivity contribution in [2.75, 3.05) is 25.0 Å². The van der Waals surface area contributed by atoms with Gasteiger partial charge >= 0.3 is 18.4 Å². The Hall–Kier alpha value is -3.74. The second kappa shape index (κ2) is 10.9. The van der Waals surface area contributed by atoms with Gasteiger partial charge in [-0.2, -0.15) is 8.78 Å². The predicted molar refractivity (Wildman–Crippen MR) is 108 cm³/mol. The number of carbonyl (C=O) groups is 3. The van der Waals surface area contributed by atoms with Crippen LogP contribution in [0.3, 0.4) is 0 Å². The summed E-state index contributed by atoms with van der Waals surface area (Å²) in [5.41, 5.74) is 2.99. The summed E-state index contributed by atoms with van der Waals surface area (Å²) in [6, 6.07) is 5.47. The molecule has 1 fully saturated rings. The maximum absolute atomic E-state index is 14.5. The fraction of sp³-hybridized carbons (Fsp3) is 0.286. The zero-order chi connectivity index (χ0) is 24.8. The summed E-state index contributed by atoms with van der Waals surface area (Å²) in [5, 5.41) is 2.34. The molecule has 8 nitrogen and oxygen atoms in total. The Morgan fingerprint density at radius 3 is 2.47 bits per heavy atom. The number of ether oxygens (including phenoxy) is 1. The van der Waals surface area contributed by atoms with Crippen LogP contribution in [-0.4, -0.2) is 55.0 Å². The zero-order valence-corrected chi connectivity index (χ0v) is 17.4. The van der Waals surface area contributed by atoms with E-state index in [9.17, 15) is 36.3 Å². The second-order valence-corrected chi connectivity index (χ2v) is 7.25. The summed E-state index contributed by atoms with van der Waals surface area (Å²) in [7, 11) is 0. The molecule has 3 rings (SSSR count). The van der Waals surface area contributed by atoms with Gasteiger partial charge in [0.25, 0.3) is 5.91 Å². The van der Waals surface area contributed by atoms with Crippen LogP contribution >= 0.6 is 0 Å². The van der Waals surface area contributed by atoms with Crippen molar-refractivity contribution < 1.29 is 41.1 Å². The fourth-order valence-corrected chi connectivity index (χ4v) is 3.16. The fourth-order valence-electron chi connectivity index (χ4n) is 3.16. The number of benzene rings is 2. The molecule has 1 aliphatic heterocycles. The Balaban J connectivity index is 1.58. The second-order valence-electron chi connectivity index (χ2n) is 7.25. The number of nitrogens with one attached hydrogen (secondary N) is 3. The van der Waals surface area contributed by atoms with Gasteiger partial charge in [-0.05, 0) is 29.8 Å². The van der Waals surface area contributed by atoms with E-state index in [4.69, 9.17) is 4.74 Å². The van der Waals surface area contributed by atoms with Crippen LogP contribution in [0.4, 0.5) is 32.4 Å². The molecule has 3 N–H and O–H groups in total. The van der Waals surface area contributed by atoms with E-state index in [-0.39, 0.29) is 42.9 Å². The van der Waals surface area contributed by atoms with Gasteiger partial charge in [-0.3, -0.25) is 20.4 Å². The third-order valence-electron chi connectivity index (χ3n) is 4.86. The number of carbonyl (C=O) groups excluding carboxylic acids is 3. The van der Waals surface area contributed by atoms with Crippen molar-refractivity contribution in [3.8, 4) is 0 Å². The molecule has 1 atom stereocenters. The first-order chi connectivity index (χ1) is 16.1. The Labute approximate surface area is 190 Å². The van der Waals surface area contributed by atoms with Gasteiger partial charge in [0.05, 0.1) is 18.4 Å². The summed E-state index contributed by atoms with van der Waals surface area (Å²) in [6.07, 6.45) is -3.91. The summed E-state index contributed by atoms with van der Waals surface area (Å²) in [5.74, 6) is -5.21. The Morgan fingerprint density at radius 1 is 1.03 bits per heavy atom. The molecule has 182 valence electrons. The molecule has 4 amide bonds. The lowest BCUT2D eigenvalue weighted by atomic mass is 10.0. The molecule has 0 aromatic heterocycles. The van der Waals surface area contributed by atoms with Crippen LogP contribution in [-0.2, 0) is 16.0 Å². The minimum atomic E-state index is -3.33. The minimum absolute atomic E-state index is 0.0323. The van der Waals surface area contributed by atoms with Crippen molar-refractivity contribution in [2.45, 2.75) is 19.0 Å². The number of morpholine rings is 1. The lowest BCUT2D eigenvalue weighted by Gasteiger charge is -2.33. The molecule has 2 aromatic carbocycles. The highest BCUT2D eigenvalue weighted by Gasteiger charge is 2.26. The van der Waals surface area contributed by atoms with Gasteiger partial charge in [0.2, 0.25) is 0 Å². The highest BCUT2D eigenvalue weighted by Crippen LogP contribution is 2.19. The van der Waals surface area contributed by atoms with E-state index in [1.807, 2.05) is 0 Å². The van der Waals surface area contributed by atoms with Crippen molar-refractivity contribution in [1.29, 1.82) is 0 Å². The lowest BCUT2D eigenvalue weighted by Crippen LogP contribution is -2.48. The maximum Gasteiger partial charge on any atom is 0.322 e. The molecule has 0 saturated carbocycles. The average Bonchev–Trinajstić information content (AvgIpc) is 2.80. The van der Waals surface area contributed by atoms with Crippen molar-refractivity contribution in [1.82, 2.24) is 15.8 Å². The quantitative estimate of drug-likeness (QED) is 0.447. The molecule has 1 heterocycles. The van der Waals surface area contributed by atoms with E-state index in [0.29, 0.717) is 6.07 Å². The smallest absolute Gasteiger partial charge is 0.322 e. The average molecular weight is 486 g/mol. The van der Waals surface area contributed by atoms with Crippen LogP contribution in [0.2, 0.25) is 0 Å². The number of hydrogen-bond donors (Lipinski definition) is 3. The van der Waals surface area contributed by atoms with Crippen LogP contribution in [0.15, 0.2) is 36.4 Å². The first-order valence-corrected chi connectivity index (χ1v) is 9.93. The molecule has 34 heavy (non-hydrogen) atoms. The van der Waals surface area contributed by atoms with Crippen LogP contribution in [0.1, 0.15) is 15.9 Å². The van der Waals surface area contributed by atoms with E-state index >= 15 is 0 Å². The number of rotatable bonds is 5. The molecule has 0 aliphatic carbocycles. The SMILES string of the molecule is O=C(NNC(=O)C(F)F)c1ccc(CC2CN(C(=O)Nc3ccc(F)cc3F)CCO2)c(F)c1. The third kappa shape index (κ3) is 6.41. The summed E-state index contributed by atoms with van der Waals surface area (Å²) >= 11 is 0. The van der Waals surface area contributed by atoms with Gasteiger partial charge in [0.15, 0.2) is 0 Å². The highest BCUT2D eigenvalue weighted by atomic mass is 19.3. The molecule has 2 aromatic rings. The molecular formula is C21H19F5N4O4. The third-order valence-corrected chi connectivity index (χ3v) is 4.86. The van der Waals surface area contributed by atoms with Gasteiger partial charge in [0, 0.05) is 31.1 Å². The van der Waals surface area contributed by atoms with Gasteiger partial charge in [-0.15, -0.1) is 0 Å². The van der Waals surface area contributed by atoms with Gasteiger partial charge < -0.3 is 15.0 Å². The number of hydrogen-bond acceptors (Lipinski definition) is 4. The molecule has 1 aliphatic rings. The van der Waals surface area contributed by atoms with E-state index in [2.05, 4.69) is 5.32 Å². The molecule has 1 saturated heterocycles. The van der Waals surface area contributed by atoms with Crippen molar-refractivity contribution >= 4 is 23.5 Å². The van der Waals surface area contributed by atoms with Crippen LogP contribution in [0.25, 0.3) is 0 Å². The monoisotopic (exact) mass is 486 g/mol. The Morgan fingerprint density at radius 2 is 1.79 bits per heavy atom. The normalized spacial score (nSPS) is 15.7. The molecule has 13 heteroatoms. The van der Waals surface area contributed by atoms with Crippen molar-refractivity contribution in [3.05, 3.63) is 65.0 Å². The van der Waals surface area contributed by atoms with E-state index in [0.717, 1.165) is 18.2 Å². The zero-order valence-electron chi connectivity index (χ0n) is 17.4.